The molecule has 7 heteroatoms. The fraction of sp³-hybridized carbons (Fsp3) is 0.222. The predicted molar refractivity (Wildman–Crippen MR) is 105 cm³/mol. The molecule has 0 saturated heterocycles. The number of carboxylic acid groups (broad SMARTS) is 1. The van der Waals surface area contributed by atoms with E-state index in [0.29, 0.717) is 15.7 Å². The number of hydrogen-bond acceptors (Lipinski definition) is 3. The highest BCUT2D eigenvalue weighted by Gasteiger charge is 2.48. The summed E-state index contributed by atoms with van der Waals surface area (Å²) in [5, 5.41) is 16.6. The van der Waals surface area contributed by atoms with Crippen molar-refractivity contribution in [1.29, 1.82) is 0 Å². The van der Waals surface area contributed by atoms with Crippen molar-refractivity contribution >= 4 is 56.5 Å². The van der Waals surface area contributed by atoms with Crippen LogP contribution in [-0.4, -0.2) is 16.8 Å². The number of halogens is 3. The molecule has 0 aliphatic carbocycles. The molecule has 0 radical (unpaired) electrons. The molecule has 1 aliphatic rings. The Morgan fingerprint density at radius 1 is 1.20 bits per heavy atom. The van der Waals surface area contributed by atoms with Crippen LogP contribution in [0.4, 0.5) is 5.69 Å². The standard InChI is InChI=1S/C18H15BrCl2N2O2/c1-18(2)15(17(24)25)22-23(14-8-7-12(20)9-13(14)21)16(18)10-3-5-11(19)6-4-10/h3-9,16H,1-2H3,(H,24,25). The van der Waals surface area contributed by atoms with E-state index in [0.717, 1.165) is 10.0 Å². The van der Waals surface area contributed by atoms with Crippen molar-refractivity contribution in [3.05, 3.63) is 62.5 Å². The quantitative estimate of drug-likeness (QED) is 0.656. The maximum Gasteiger partial charge on any atom is 0.352 e. The number of carbonyl (C=O) groups is 1. The van der Waals surface area contributed by atoms with Crippen LogP contribution in [-0.2, 0) is 4.79 Å². The number of aliphatic carboxylic acids is 1. The minimum Gasteiger partial charge on any atom is -0.477 e. The molecule has 1 unspecified atom stereocenters. The molecule has 1 aliphatic heterocycles. The van der Waals surface area contributed by atoms with Crippen LogP contribution in [0, 0.1) is 5.41 Å². The number of anilines is 1. The normalized spacial score (nSPS) is 19.0. The predicted octanol–water partition coefficient (Wildman–Crippen LogP) is 5.78. The van der Waals surface area contributed by atoms with Gasteiger partial charge in [-0.2, -0.15) is 5.10 Å². The molecular formula is C18H15BrCl2N2O2. The van der Waals surface area contributed by atoms with Gasteiger partial charge in [0.05, 0.1) is 16.8 Å². The molecule has 0 amide bonds. The van der Waals surface area contributed by atoms with E-state index in [4.69, 9.17) is 23.2 Å². The average Bonchev–Trinajstić information content (AvgIpc) is 2.80. The molecule has 25 heavy (non-hydrogen) atoms. The van der Waals surface area contributed by atoms with Crippen LogP contribution in [0.2, 0.25) is 10.0 Å². The monoisotopic (exact) mass is 440 g/mol. The van der Waals surface area contributed by atoms with Gasteiger partial charge in [-0.05, 0) is 35.9 Å². The summed E-state index contributed by atoms with van der Waals surface area (Å²) in [4.78, 5) is 11.7. The molecule has 0 spiro atoms. The number of hydrogen-bond donors (Lipinski definition) is 1. The summed E-state index contributed by atoms with van der Waals surface area (Å²) in [5.74, 6) is -1.04. The van der Waals surface area contributed by atoms with Crippen molar-refractivity contribution in [1.82, 2.24) is 0 Å². The van der Waals surface area contributed by atoms with E-state index in [2.05, 4.69) is 21.0 Å². The first-order valence-corrected chi connectivity index (χ1v) is 9.09. The Morgan fingerprint density at radius 3 is 2.40 bits per heavy atom. The van der Waals surface area contributed by atoms with Crippen LogP contribution in [0.5, 0.6) is 0 Å². The van der Waals surface area contributed by atoms with Gasteiger partial charge in [-0.3, -0.25) is 5.01 Å². The van der Waals surface area contributed by atoms with Crippen molar-refractivity contribution in [2.24, 2.45) is 10.5 Å². The number of rotatable bonds is 3. The number of carboxylic acids is 1. The molecule has 0 bridgehead atoms. The SMILES string of the molecule is CC1(C)C(C(=O)O)=NN(c2ccc(Cl)cc2Cl)C1c1ccc(Br)cc1. The smallest absolute Gasteiger partial charge is 0.352 e. The highest BCUT2D eigenvalue weighted by Crippen LogP contribution is 2.48. The van der Waals surface area contributed by atoms with Gasteiger partial charge in [0.2, 0.25) is 0 Å². The maximum absolute atomic E-state index is 11.7. The topological polar surface area (TPSA) is 52.9 Å². The number of benzene rings is 2. The Morgan fingerprint density at radius 2 is 1.84 bits per heavy atom. The van der Waals surface area contributed by atoms with Gasteiger partial charge < -0.3 is 5.11 Å². The summed E-state index contributed by atoms with van der Waals surface area (Å²) in [6.07, 6.45) is 0. The average molecular weight is 442 g/mol. The molecule has 0 fully saturated rings. The summed E-state index contributed by atoms with van der Waals surface area (Å²) in [6.45, 7) is 3.74. The van der Waals surface area contributed by atoms with Crippen LogP contribution < -0.4 is 5.01 Å². The summed E-state index contributed by atoms with van der Waals surface area (Å²) >= 11 is 15.8. The number of nitrogens with zero attached hydrogens (tertiary/aromatic N) is 2. The molecule has 1 heterocycles. The summed E-state index contributed by atoms with van der Waals surface area (Å²) < 4.78 is 0.947. The molecule has 1 atom stereocenters. The van der Waals surface area contributed by atoms with Crippen molar-refractivity contribution < 1.29 is 9.90 Å². The molecule has 2 aromatic carbocycles. The van der Waals surface area contributed by atoms with Crippen LogP contribution in [0.25, 0.3) is 0 Å². The van der Waals surface area contributed by atoms with E-state index in [1.807, 2.05) is 38.1 Å². The summed E-state index contributed by atoms with van der Waals surface area (Å²) in [5.41, 5.74) is 0.928. The minimum absolute atomic E-state index is 0.0893. The second-order valence-corrected chi connectivity index (χ2v) is 8.13. The lowest BCUT2D eigenvalue weighted by Crippen LogP contribution is -2.35. The molecule has 3 rings (SSSR count). The maximum atomic E-state index is 11.7. The minimum atomic E-state index is -1.04. The van der Waals surface area contributed by atoms with Gasteiger partial charge in [0.1, 0.15) is 0 Å². The highest BCUT2D eigenvalue weighted by atomic mass is 79.9. The third-order valence-corrected chi connectivity index (χ3v) is 5.36. The van der Waals surface area contributed by atoms with Crippen molar-refractivity contribution in [2.75, 3.05) is 5.01 Å². The van der Waals surface area contributed by atoms with E-state index in [1.54, 1.807) is 23.2 Å². The third-order valence-electron chi connectivity index (χ3n) is 4.29. The first-order chi connectivity index (χ1) is 11.7. The van der Waals surface area contributed by atoms with Gasteiger partial charge in [-0.25, -0.2) is 4.79 Å². The third kappa shape index (κ3) is 3.28. The Hall–Kier alpha value is -1.56. The molecule has 0 aromatic heterocycles. The molecule has 130 valence electrons. The number of hydrazone groups is 1. The van der Waals surface area contributed by atoms with Gasteiger partial charge in [0, 0.05) is 14.9 Å². The Bertz CT molecular complexity index is 866. The lowest BCUT2D eigenvalue weighted by molar-refractivity contribution is -0.129. The van der Waals surface area contributed by atoms with E-state index in [-0.39, 0.29) is 11.8 Å². The fourth-order valence-electron chi connectivity index (χ4n) is 3.11. The van der Waals surface area contributed by atoms with Gasteiger partial charge >= 0.3 is 5.97 Å². The fourth-order valence-corrected chi connectivity index (χ4v) is 3.87. The first-order valence-electron chi connectivity index (χ1n) is 7.54. The Balaban J connectivity index is 2.18. The van der Waals surface area contributed by atoms with Gasteiger partial charge in [0.15, 0.2) is 5.71 Å². The van der Waals surface area contributed by atoms with Crippen LogP contribution in [0.3, 0.4) is 0 Å². The highest BCUT2D eigenvalue weighted by molar-refractivity contribution is 9.10. The van der Waals surface area contributed by atoms with Crippen LogP contribution in [0.1, 0.15) is 25.5 Å². The molecule has 2 aromatic rings. The second kappa shape index (κ2) is 6.63. The summed E-state index contributed by atoms with van der Waals surface area (Å²) in [7, 11) is 0. The largest absolute Gasteiger partial charge is 0.477 e. The van der Waals surface area contributed by atoms with Gasteiger partial charge in [0.25, 0.3) is 0 Å². The van der Waals surface area contributed by atoms with Crippen LogP contribution in [0.15, 0.2) is 52.0 Å². The molecular weight excluding hydrogens is 427 g/mol. The zero-order valence-electron chi connectivity index (χ0n) is 13.5. The Kier molecular flexibility index (Phi) is 4.84. The van der Waals surface area contributed by atoms with E-state index in [1.165, 1.54) is 0 Å². The van der Waals surface area contributed by atoms with Gasteiger partial charge in [-0.15, -0.1) is 0 Å². The van der Waals surface area contributed by atoms with E-state index < -0.39 is 11.4 Å². The molecule has 0 saturated carbocycles. The first kappa shape index (κ1) is 18.2. The molecule has 4 nitrogen and oxygen atoms in total. The van der Waals surface area contributed by atoms with E-state index >= 15 is 0 Å². The summed E-state index contributed by atoms with van der Waals surface area (Å²) in [6, 6.07) is 12.5. The zero-order chi connectivity index (χ0) is 18.4. The zero-order valence-corrected chi connectivity index (χ0v) is 16.6. The van der Waals surface area contributed by atoms with Crippen LogP contribution >= 0.6 is 39.1 Å². The lowest BCUT2D eigenvalue weighted by atomic mass is 9.77. The van der Waals surface area contributed by atoms with Crippen molar-refractivity contribution in [3.8, 4) is 0 Å². The van der Waals surface area contributed by atoms with Gasteiger partial charge in [-0.1, -0.05) is 65.1 Å². The lowest BCUT2D eigenvalue weighted by Gasteiger charge is -2.33. The Labute approximate surface area is 164 Å². The second-order valence-electron chi connectivity index (χ2n) is 6.37. The van der Waals surface area contributed by atoms with Crippen molar-refractivity contribution in [3.63, 3.8) is 0 Å². The van der Waals surface area contributed by atoms with Crippen molar-refractivity contribution in [2.45, 2.75) is 19.9 Å². The van der Waals surface area contributed by atoms with E-state index in [9.17, 15) is 9.90 Å². The molecule has 1 N–H and O–H groups in total.